The summed E-state index contributed by atoms with van der Waals surface area (Å²) in [6.07, 6.45) is 6.47. The molecule has 1 unspecified atom stereocenters. The van der Waals surface area contributed by atoms with E-state index in [0.29, 0.717) is 103 Å². The molecule has 3 aromatic carbocycles. The van der Waals surface area contributed by atoms with Crippen molar-refractivity contribution < 1.29 is 33.2 Å². The number of carbonyl (C=O) groups excluding carboxylic acids is 3. The SMILES string of the molecule is COc1cc(N2CCN(C(=O)CC3(O)CCN(c4ccc(NC5CCC(=O)NC5=O)cc4F)CC3)CC2)c(-c2cnn(C)c2)cc1Nc1ncc(Br)c(Nc2ccc(C)c(C)c2P(C)(C)=O)n1. The lowest BCUT2D eigenvalue weighted by atomic mass is 9.87. The van der Waals surface area contributed by atoms with E-state index >= 15 is 4.39 Å². The number of amides is 3. The van der Waals surface area contributed by atoms with Crippen LogP contribution < -0.4 is 41.1 Å². The van der Waals surface area contributed by atoms with Crippen molar-refractivity contribution >= 4 is 86.3 Å². The summed E-state index contributed by atoms with van der Waals surface area (Å²) in [6.45, 7) is 10.2. The van der Waals surface area contributed by atoms with Crippen LogP contribution in [0.5, 0.6) is 5.75 Å². The Kier molecular flexibility index (Phi) is 13.7. The number of hydrogen-bond donors (Lipinski definition) is 5. The zero-order chi connectivity index (χ0) is 47.8. The van der Waals surface area contributed by atoms with Gasteiger partial charge in [-0.3, -0.25) is 24.4 Å². The number of carbonyl (C=O) groups is 3. The molecule has 67 heavy (non-hydrogen) atoms. The second-order valence-corrected chi connectivity index (χ2v) is 21.9. The topological polar surface area (TPSA) is 199 Å². The Hall–Kier alpha value is -6.04. The van der Waals surface area contributed by atoms with Gasteiger partial charge in [0.25, 0.3) is 0 Å². The van der Waals surface area contributed by atoms with Crippen LogP contribution in [0.15, 0.2) is 65.5 Å². The van der Waals surface area contributed by atoms with Gasteiger partial charge in [-0.2, -0.15) is 10.1 Å². The van der Waals surface area contributed by atoms with Crippen molar-refractivity contribution in [1.29, 1.82) is 0 Å². The summed E-state index contributed by atoms with van der Waals surface area (Å²) >= 11 is 3.59. The Morgan fingerprint density at radius 1 is 0.985 bits per heavy atom. The molecule has 20 heteroatoms. The lowest BCUT2D eigenvalue weighted by Gasteiger charge is -2.41. The zero-order valence-corrected chi connectivity index (χ0v) is 40.9. The third kappa shape index (κ3) is 10.6. The highest BCUT2D eigenvalue weighted by atomic mass is 79.9. The third-order valence-corrected chi connectivity index (χ3v) is 15.1. The molecule has 0 bridgehead atoms. The van der Waals surface area contributed by atoms with Crippen LogP contribution in [0.25, 0.3) is 11.1 Å². The highest BCUT2D eigenvalue weighted by Crippen LogP contribution is 2.43. The van der Waals surface area contributed by atoms with Gasteiger partial charge in [-0.25, -0.2) is 9.37 Å². The summed E-state index contributed by atoms with van der Waals surface area (Å²) < 4.78 is 37.1. The molecule has 3 fully saturated rings. The van der Waals surface area contributed by atoms with E-state index in [1.807, 2.05) is 56.3 Å². The molecule has 2 aromatic heterocycles. The molecule has 1 atom stereocenters. The molecule has 0 aliphatic carbocycles. The molecule has 0 spiro atoms. The first-order valence-corrected chi connectivity index (χ1v) is 25.6. The number of aryl methyl sites for hydroxylation is 2. The molecule has 354 valence electrons. The predicted molar refractivity (Wildman–Crippen MR) is 262 cm³/mol. The number of benzene rings is 3. The molecular formula is C47H56BrFN11O6P. The van der Waals surface area contributed by atoms with E-state index in [4.69, 9.17) is 9.72 Å². The summed E-state index contributed by atoms with van der Waals surface area (Å²) in [5.74, 6) is -0.0173. The molecule has 5 aromatic rings. The monoisotopic (exact) mass is 999 g/mol. The van der Waals surface area contributed by atoms with Gasteiger partial charge in [0.15, 0.2) is 0 Å². The van der Waals surface area contributed by atoms with Crippen LogP contribution in [-0.2, 0) is 26.0 Å². The number of aromatic nitrogens is 4. The predicted octanol–water partition coefficient (Wildman–Crippen LogP) is 6.43. The van der Waals surface area contributed by atoms with Crippen LogP contribution in [-0.4, -0.2) is 119 Å². The number of rotatable bonds is 13. The minimum atomic E-state index is -2.66. The van der Waals surface area contributed by atoms with Crippen molar-refractivity contribution in [2.75, 3.05) is 85.5 Å². The van der Waals surface area contributed by atoms with Crippen LogP contribution in [0.4, 0.5) is 44.6 Å². The molecule has 3 saturated heterocycles. The number of imide groups is 1. The molecule has 5 N–H and O–H groups in total. The number of hydrogen-bond acceptors (Lipinski definition) is 14. The summed E-state index contributed by atoms with van der Waals surface area (Å²) in [6, 6.07) is 11.9. The van der Waals surface area contributed by atoms with Gasteiger partial charge in [0, 0.05) is 99.0 Å². The fourth-order valence-electron chi connectivity index (χ4n) is 9.06. The van der Waals surface area contributed by atoms with Gasteiger partial charge < -0.3 is 45.1 Å². The lowest BCUT2D eigenvalue weighted by Crippen LogP contribution is -2.52. The highest BCUT2D eigenvalue weighted by molar-refractivity contribution is 9.10. The molecule has 3 aliphatic heterocycles. The van der Waals surface area contributed by atoms with E-state index in [-0.39, 0.29) is 24.7 Å². The van der Waals surface area contributed by atoms with Gasteiger partial charge in [0.05, 0.1) is 46.9 Å². The largest absolute Gasteiger partial charge is 0.494 e. The van der Waals surface area contributed by atoms with Gasteiger partial charge in [-0.05, 0) is 104 Å². The number of nitrogens with one attached hydrogen (secondary N) is 4. The second-order valence-electron chi connectivity index (χ2n) is 17.9. The first-order chi connectivity index (χ1) is 31.9. The Bertz CT molecular complexity index is 2770. The van der Waals surface area contributed by atoms with Gasteiger partial charge in [-0.1, -0.05) is 6.07 Å². The fraction of sp³-hybridized carbons (Fsp3) is 0.404. The van der Waals surface area contributed by atoms with E-state index in [1.165, 1.54) is 6.07 Å². The number of piperazine rings is 1. The minimum absolute atomic E-state index is 0.0353. The molecule has 3 aliphatic rings. The molecule has 5 heterocycles. The van der Waals surface area contributed by atoms with Crippen molar-refractivity contribution in [2.24, 2.45) is 7.05 Å². The number of piperidine rings is 2. The standard InChI is InChI=1S/C47H56BrFN11O6P/c1-28-7-9-35(43(29(28)2)67(5,6)65)53-44-33(48)26-50-46(56-44)54-37-22-32(30-25-51-57(3)27-30)39(23-40(37)66-4)59-17-19-60(20-18-59)42(62)24-47(64)13-15-58(16-14-47)38-11-8-31(21-34(38)49)52-36-10-12-41(61)55-45(36)63/h7-9,11,21-23,25-27,36,52,64H,10,12-20,24H2,1-6H3,(H,55,61,63)(H2,50,53,54,56). The van der Waals surface area contributed by atoms with Crippen molar-refractivity contribution in [3.63, 3.8) is 0 Å². The quantitative estimate of drug-likeness (QED) is 0.0639. The summed E-state index contributed by atoms with van der Waals surface area (Å²) in [5, 5.41) is 28.9. The summed E-state index contributed by atoms with van der Waals surface area (Å²) in [4.78, 5) is 52.7. The molecule has 17 nitrogen and oxygen atoms in total. The van der Waals surface area contributed by atoms with Crippen molar-refractivity contribution in [3.05, 3.63) is 82.5 Å². The van der Waals surface area contributed by atoms with Crippen LogP contribution >= 0.6 is 23.1 Å². The molecule has 3 amide bonds. The Labute approximate surface area is 397 Å². The smallest absolute Gasteiger partial charge is 0.249 e. The summed E-state index contributed by atoms with van der Waals surface area (Å²) in [7, 11) is 0.799. The number of methoxy groups -OCH3 is 1. The lowest BCUT2D eigenvalue weighted by molar-refractivity contribution is -0.138. The van der Waals surface area contributed by atoms with E-state index in [1.54, 1.807) is 54.5 Å². The average molecular weight is 1000 g/mol. The number of aliphatic hydroxyl groups is 1. The Morgan fingerprint density at radius 2 is 1.72 bits per heavy atom. The van der Waals surface area contributed by atoms with Gasteiger partial charge in [0.1, 0.15) is 30.6 Å². The van der Waals surface area contributed by atoms with Crippen LogP contribution in [0, 0.1) is 19.7 Å². The van der Waals surface area contributed by atoms with E-state index in [0.717, 1.165) is 33.2 Å². The number of anilines is 7. The fourth-order valence-corrected chi connectivity index (χ4v) is 11.0. The van der Waals surface area contributed by atoms with E-state index in [9.17, 15) is 24.1 Å². The molecule has 8 rings (SSSR count). The first kappa shape index (κ1) is 47.5. The maximum absolute atomic E-state index is 15.4. The Balaban J connectivity index is 0.921. The van der Waals surface area contributed by atoms with Crippen molar-refractivity contribution in [2.45, 2.75) is 57.6 Å². The normalized spacial score (nSPS) is 17.6. The second kappa shape index (κ2) is 19.3. The number of ether oxygens (including phenoxy) is 1. The van der Waals surface area contributed by atoms with E-state index < -0.39 is 30.5 Å². The van der Waals surface area contributed by atoms with Crippen molar-refractivity contribution in [1.82, 2.24) is 30.0 Å². The Morgan fingerprint density at radius 3 is 2.37 bits per heavy atom. The highest BCUT2D eigenvalue weighted by Gasteiger charge is 2.37. The zero-order valence-electron chi connectivity index (χ0n) is 38.5. The number of nitrogens with zero attached hydrogens (tertiary/aromatic N) is 7. The average Bonchev–Trinajstić information content (AvgIpc) is 3.72. The van der Waals surface area contributed by atoms with Crippen LogP contribution in [0.3, 0.4) is 0 Å². The maximum Gasteiger partial charge on any atom is 0.249 e. The maximum atomic E-state index is 15.4. The summed E-state index contributed by atoms with van der Waals surface area (Å²) in [5.41, 5.74) is 5.58. The van der Waals surface area contributed by atoms with Gasteiger partial charge in [0.2, 0.25) is 23.7 Å². The third-order valence-electron chi connectivity index (χ3n) is 12.8. The van der Waals surface area contributed by atoms with Gasteiger partial charge in [-0.15, -0.1) is 0 Å². The van der Waals surface area contributed by atoms with Crippen LogP contribution in [0.1, 0.15) is 43.2 Å². The molecule has 0 radical (unpaired) electrons. The van der Waals surface area contributed by atoms with Crippen LogP contribution in [0.2, 0.25) is 0 Å². The minimum Gasteiger partial charge on any atom is -0.494 e. The molecular weight excluding hydrogens is 944 g/mol. The molecule has 0 saturated carbocycles. The van der Waals surface area contributed by atoms with Gasteiger partial charge >= 0.3 is 0 Å². The first-order valence-electron chi connectivity index (χ1n) is 22.2. The van der Waals surface area contributed by atoms with Crippen molar-refractivity contribution in [3.8, 4) is 16.9 Å². The number of halogens is 2. The van der Waals surface area contributed by atoms with E-state index in [2.05, 4.69) is 52.2 Å².